The summed E-state index contributed by atoms with van der Waals surface area (Å²) in [4.78, 5) is 3.96. The minimum Gasteiger partial charge on any atom is -0.442 e. The molecule has 0 bridgehead atoms. The molecule has 0 amide bonds. The molecule has 0 fully saturated rings. The fourth-order valence-corrected chi connectivity index (χ4v) is 4.21. The lowest BCUT2D eigenvalue weighted by Crippen LogP contribution is -2.17. The van der Waals surface area contributed by atoms with Crippen molar-refractivity contribution in [3.63, 3.8) is 0 Å². The Morgan fingerprint density at radius 1 is 1.25 bits per heavy atom. The quantitative estimate of drug-likeness (QED) is 0.531. The third-order valence-corrected chi connectivity index (χ3v) is 5.66. The summed E-state index contributed by atoms with van der Waals surface area (Å²) in [6.07, 6.45) is 7.11. The van der Waals surface area contributed by atoms with E-state index in [2.05, 4.69) is 33.4 Å². The largest absolute Gasteiger partial charge is 0.442 e. The van der Waals surface area contributed by atoms with Gasteiger partial charge in [0, 0.05) is 11.1 Å². The molecule has 28 heavy (non-hydrogen) atoms. The van der Waals surface area contributed by atoms with Crippen LogP contribution < -0.4 is 5.73 Å². The van der Waals surface area contributed by atoms with E-state index in [9.17, 15) is 0 Å². The Kier molecular flexibility index (Phi) is 3.87. The van der Waals surface area contributed by atoms with E-state index in [0.717, 1.165) is 59.1 Å². The van der Waals surface area contributed by atoms with Gasteiger partial charge in [-0.1, -0.05) is 6.07 Å². The number of rotatable bonds is 3. The first-order valence-corrected chi connectivity index (χ1v) is 9.38. The van der Waals surface area contributed by atoms with Crippen LogP contribution in [0.15, 0.2) is 47.3 Å². The van der Waals surface area contributed by atoms with Crippen LogP contribution in [-0.4, -0.2) is 15.2 Å². The van der Waals surface area contributed by atoms with E-state index in [1.807, 2.05) is 18.2 Å². The molecule has 3 N–H and O–H groups in total. The normalized spacial score (nSPS) is 16.0. The van der Waals surface area contributed by atoms with Crippen molar-refractivity contribution >= 4 is 16.6 Å². The number of fused-ring (bicyclic) bond motifs is 2. The van der Waals surface area contributed by atoms with Gasteiger partial charge in [0.15, 0.2) is 12.2 Å². The molecule has 6 nitrogen and oxygen atoms in total. The minimum absolute atomic E-state index is 0.539. The molecule has 2 aromatic heterocycles. The molecular formula is C22H19N5O. The van der Waals surface area contributed by atoms with Gasteiger partial charge in [0.25, 0.3) is 0 Å². The number of oxazole rings is 1. The maximum Gasteiger partial charge on any atom is 0.181 e. The molecule has 0 unspecified atom stereocenters. The number of hydrogen-bond acceptors (Lipinski definition) is 5. The first-order chi connectivity index (χ1) is 13.7. The Morgan fingerprint density at radius 2 is 2.18 bits per heavy atom. The maximum absolute atomic E-state index is 9.08. The smallest absolute Gasteiger partial charge is 0.181 e. The van der Waals surface area contributed by atoms with Crippen molar-refractivity contribution in [1.82, 2.24) is 15.2 Å². The van der Waals surface area contributed by atoms with Gasteiger partial charge in [-0.05, 0) is 72.6 Å². The number of nitrogens with zero attached hydrogens (tertiary/aromatic N) is 3. The van der Waals surface area contributed by atoms with Gasteiger partial charge in [0.05, 0.1) is 23.3 Å². The van der Waals surface area contributed by atoms with Crippen molar-refractivity contribution in [2.24, 2.45) is 5.92 Å². The molecule has 1 aliphatic rings. The predicted molar refractivity (Wildman–Crippen MR) is 106 cm³/mol. The Labute approximate surface area is 162 Å². The van der Waals surface area contributed by atoms with Gasteiger partial charge in [0.1, 0.15) is 5.69 Å². The lowest BCUT2D eigenvalue weighted by molar-refractivity contribution is 0.456. The van der Waals surface area contributed by atoms with Crippen LogP contribution in [0.2, 0.25) is 0 Å². The van der Waals surface area contributed by atoms with Gasteiger partial charge >= 0.3 is 0 Å². The lowest BCUT2D eigenvalue weighted by Gasteiger charge is -2.25. The van der Waals surface area contributed by atoms with Gasteiger partial charge in [-0.25, -0.2) is 4.98 Å². The SMILES string of the molecule is N#Cc1ccc2c(c1)CC[C@@H](Cc1cc3[nH]nc(-c4cnco4)c3cc1N)C2. The zero-order valence-electron chi connectivity index (χ0n) is 15.3. The van der Waals surface area contributed by atoms with E-state index in [-0.39, 0.29) is 0 Å². The summed E-state index contributed by atoms with van der Waals surface area (Å²) in [5.74, 6) is 1.16. The average Bonchev–Trinajstić information content (AvgIpc) is 3.37. The number of nitriles is 1. The van der Waals surface area contributed by atoms with Crippen LogP contribution in [0.4, 0.5) is 5.69 Å². The second-order valence-electron chi connectivity index (χ2n) is 7.44. The second-order valence-corrected chi connectivity index (χ2v) is 7.44. The van der Waals surface area contributed by atoms with Crippen molar-refractivity contribution in [3.8, 4) is 17.5 Å². The number of aromatic amines is 1. The molecule has 0 saturated heterocycles. The van der Waals surface area contributed by atoms with Crippen LogP contribution in [0.1, 0.15) is 28.7 Å². The highest BCUT2D eigenvalue weighted by Gasteiger charge is 2.21. The molecule has 0 radical (unpaired) electrons. The topological polar surface area (TPSA) is 105 Å². The van der Waals surface area contributed by atoms with Gasteiger partial charge in [-0.3, -0.25) is 5.10 Å². The molecule has 4 aromatic rings. The average molecular weight is 369 g/mol. The van der Waals surface area contributed by atoms with Gasteiger partial charge in [0.2, 0.25) is 0 Å². The van der Waals surface area contributed by atoms with Gasteiger partial charge < -0.3 is 10.2 Å². The van der Waals surface area contributed by atoms with Crippen molar-refractivity contribution < 1.29 is 4.42 Å². The van der Waals surface area contributed by atoms with Crippen LogP contribution in [0.5, 0.6) is 0 Å². The number of aryl methyl sites for hydroxylation is 1. The number of benzene rings is 2. The van der Waals surface area contributed by atoms with Crippen molar-refractivity contribution in [1.29, 1.82) is 5.26 Å². The fourth-order valence-electron chi connectivity index (χ4n) is 4.21. The third-order valence-electron chi connectivity index (χ3n) is 5.66. The van der Waals surface area contributed by atoms with Crippen molar-refractivity contribution in [2.45, 2.75) is 25.7 Å². The molecule has 1 atom stereocenters. The van der Waals surface area contributed by atoms with E-state index in [0.29, 0.717) is 11.7 Å². The summed E-state index contributed by atoms with van der Waals surface area (Å²) in [5, 5.41) is 17.5. The summed E-state index contributed by atoms with van der Waals surface area (Å²) >= 11 is 0. The van der Waals surface area contributed by atoms with Crippen LogP contribution in [0.3, 0.4) is 0 Å². The molecule has 2 heterocycles. The molecule has 0 saturated carbocycles. The Balaban J connectivity index is 1.41. The zero-order chi connectivity index (χ0) is 19.1. The van der Waals surface area contributed by atoms with Crippen LogP contribution in [0, 0.1) is 17.2 Å². The Hall–Kier alpha value is -3.59. The Morgan fingerprint density at radius 3 is 3.00 bits per heavy atom. The van der Waals surface area contributed by atoms with Gasteiger partial charge in [-0.15, -0.1) is 0 Å². The van der Waals surface area contributed by atoms with E-state index in [1.54, 1.807) is 6.20 Å². The molecule has 0 spiro atoms. The van der Waals surface area contributed by atoms with Crippen LogP contribution in [0.25, 0.3) is 22.4 Å². The minimum atomic E-state index is 0.539. The van der Waals surface area contributed by atoms with Crippen molar-refractivity contribution in [2.75, 3.05) is 5.73 Å². The highest BCUT2D eigenvalue weighted by Crippen LogP contribution is 2.33. The number of nitrogen functional groups attached to an aromatic ring is 1. The van der Waals surface area contributed by atoms with Gasteiger partial charge in [-0.2, -0.15) is 10.4 Å². The number of H-pyrrole nitrogens is 1. The molecule has 6 heteroatoms. The van der Waals surface area contributed by atoms with E-state index >= 15 is 0 Å². The number of nitrogens with one attached hydrogen (secondary N) is 1. The summed E-state index contributed by atoms with van der Waals surface area (Å²) in [6.45, 7) is 0. The second kappa shape index (κ2) is 6.54. The summed E-state index contributed by atoms with van der Waals surface area (Å²) in [5.41, 5.74) is 13.4. The van der Waals surface area contributed by atoms with E-state index in [1.165, 1.54) is 17.5 Å². The maximum atomic E-state index is 9.08. The molecule has 138 valence electrons. The first-order valence-electron chi connectivity index (χ1n) is 9.38. The Bertz CT molecular complexity index is 1200. The zero-order valence-corrected chi connectivity index (χ0v) is 15.3. The molecule has 5 rings (SSSR count). The standard InChI is InChI=1S/C22H19N5O/c23-10-14-2-4-15-5-13(1-3-16(15)7-14)6-17-8-20-18(9-19(17)24)22(27-26-20)21-11-25-12-28-21/h2,4,7-9,11-13H,1,3,5-6,24H2,(H,26,27)/t13-/m1/s1. The summed E-state index contributed by atoms with van der Waals surface area (Å²) < 4.78 is 5.37. The molecule has 2 aromatic carbocycles. The van der Waals surface area contributed by atoms with Crippen LogP contribution in [-0.2, 0) is 19.3 Å². The first kappa shape index (κ1) is 16.6. The van der Waals surface area contributed by atoms with E-state index in [4.69, 9.17) is 15.4 Å². The summed E-state index contributed by atoms with van der Waals surface area (Å²) in [7, 11) is 0. The molecular weight excluding hydrogens is 350 g/mol. The number of nitrogens with two attached hydrogens (primary N) is 1. The van der Waals surface area contributed by atoms with E-state index < -0.39 is 0 Å². The number of aromatic nitrogens is 3. The predicted octanol–water partition coefficient (Wildman–Crippen LogP) is 4.02. The lowest BCUT2D eigenvalue weighted by atomic mass is 9.80. The molecule has 1 aliphatic carbocycles. The number of anilines is 1. The third kappa shape index (κ3) is 2.81. The highest BCUT2D eigenvalue weighted by atomic mass is 16.3. The number of hydrogen-bond donors (Lipinski definition) is 2. The monoisotopic (exact) mass is 369 g/mol. The van der Waals surface area contributed by atoms with Crippen molar-refractivity contribution in [3.05, 3.63) is 65.2 Å². The highest BCUT2D eigenvalue weighted by molar-refractivity contribution is 5.94. The summed E-state index contributed by atoms with van der Waals surface area (Å²) in [6, 6.07) is 12.4. The molecule has 0 aliphatic heterocycles. The fraction of sp³-hybridized carbons (Fsp3) is 0.227. The van der Waals surface area contributed by atoms with Crippen LogP contribution >= 0.6 is 0 Å².